The normalized spacial score (nSPS) is 20.0. The van der Waals surface area contributed by atoms with Crippen molar-refractivity contribution in [2.24, 2.45) is 5.73 Å². The van der Waals surface area contributed by atoms with Crippen LogP contribution in [0.1, 0.15) is 12.0 Å². The Hall–Kier alpha value is -2.71. The smallest absolute Gasteiger partial charge is 0.255 e. The summed E-state index contributed by atoms with van der Waals surface area (Å²) in [5.74, 6) is -1.35. The second-order valence-corrected chi connectivity index (χ2v) is 6.75. The lowest BCUT2D eigenvalue weighted by Crippen LogP contribution is -2.48. The highest BCUT2D eigenvalue weighted by Gasteiger charge is 2.29. The number of halogens is 2. The van der Waals surface area contributed by atoms with E-state index in [9.17, 15) is 18.7 Å². The van der Waals surface area contributed by atoms with Gasteiger partial charge in [0.2, 0.25) is 0 Å². The van der Waals surface area contributed by atoms with Crippen molar-refractivity contribution >= 4 is 5.91 Å². The molecular weight excluding hydrogens is 370 g/mol. The number of nitrogens with zero attached hydrogens (tertiary/aromatic N) is 1. The minimum atomic E-state index is -0.779. The minimum Gasteiger partial charge on any atom is -0.487 e. The van der Waals surface area contributed by atoms with Crippen LogP contribution in [0.15, 0.2) is 42.5 Å². The molecule has 2 aromatic rings. The first-order valence-electron chi connectivity index (χ1n) is 8.92. The molecule has 0 saturated carbocycles. The summed E-state index contributed by atoms with van der Waals surface area (Å²) in [5, 5.41) is 10.4. The summed E-state index contributed by atoms with van der Waals surface area (Å²) in [6, 6.07) is 10.2. The van der Waals surface area contributed by atoms with Gasteiger partial charge in [-0.05, 0) is 24.1 Å². The van der Waals surface area contributed by atoms with E-state index in [1.54, 1.807) is 12.1 Å². The summed E-state index contributed by atoms with van der Waals surface area (Å²) in [5.41, 5.74) is 6.06. The number of aliphatic hydroxyl groups excluding tert-OH is 1. The van der Waals surface area contributed by atoms with Gasteiger partial charge in [0, 0.05) is 37.8 Å². The number of rotatable bonds is 7. The number of β-amino-alcohol motifs (C(OH)–C–C–N with tert-alkyl or cyclic N) is 1. The Kier molecular flexibility index (Phi) is 6.43. The molecule has 3 rings (SSSR count). The van der Waals surface area contributed by atoms with Gasteiger partial charge < -0.3 is 20.3 Å². The van der Waals surface area contributed by atoms with Gasteiger partial charge in [-0.25, -0.2) is 8.78 Å². The predicted molar refractivity (Wildman–Crippen MR) is 97.8 cm³/mol. The van der Waals surface area contributed by atoms with Gasteiger partial charge in [0.25, 0.3) is 5.91 Å². The van der Waals surface area contributed by atoms with Gasteiger partial charge in [-0.2, -0.15) is 0 Å². The average Bonchev–Trinajstić information content (AvgIpc) is 2.62. The zero-order valence-electron chi connectivity index (χ0n) is 15.2. The van der Waals surface area contributed by atoms with E-state index >= 15 is 0 Å². The second kappa shape index (κ2) is 8.99. The van der Waals surface area contributed by atoms with Crippen LogP contribution in [-0.4, -0.2) is 47.8 Å². The summed E-state index contributed by atoms with van der Waals surface area (Å²) in [6.07, 6.45) is -0.778. The van der Waals surface area contributed by atoms with Crippen LogP contribution in [0.4, 0.5) is 8.78 Å². The van der Waals surface area contributed by atoms with Crippen LogP contribution in [0.3, 0.4) is 0 Å². The van der Waals surface area contributed by atoms with Crippen LogP contribution < -0.4 is 15.2 Å². The maximum Gasteiger partial charge on any atom is 0.255 e. The van der Waals surface area contributed by atoms with E-state index in [2.05, 4.69) is 4.90 Å². The van der Waals surface area contributed by atoms with E-state index in [4.69, 9.17) is 15.2 Å². The molecule has 1 fully saturated rings. The van der Waals surface area contributed by atoms with Crippen molar-refractivity contribution in [3.8, 4) is 11.5 Å². The molecule has 1 heterocycles. The van der Waals surface area contributed by atoms with E-state index in [1.165, 1.54) is 0 Å². The third-order valence-electron chi connectivity index (χ3n) is 4.44. The van der Waals surface area contributed by atoms with Crippen molar-refractivity contribution in [3.63, 3.8) is 0 Å². The number of likely N-dealkylation sites (tertiary alicyclic amines) is 1. The Labute approximate surface area is 161 Å². The highest BCUT2D eigenvalue weighted by Crippen LogP contribution is 2.23. The second-order valence-electron chi connectivity index (χ2n) is 6.75. The van der Waals surface area contributed by atoms with E-state index in [-0.39, 0.29) is 12.4 Å². The zero-order valence-corrected chi connectivity index (χ0v) is 15.2. The highest BCUT2D eigenvalue weighted by atomic mass is 19.1. The number of ether oxygens (including phenoxy) is 2. The van der Waals surface area contributed by atoms with Gasteiger partial charge in [0.1, 0.15) is 35.3 Å². The molecule has 0 aromatic heterocycles. The molecule has 0 unspecified atom stereocenters. The van der Waals surface area contributed by atoms with E-state index < -0.39 is 29.7 Å². The molecule has 28 heavy (non-hydrogen) atoms. The Morgan fingerprint density at radius 2 is 1.82 bits per heavy atom. The van der Waals surface area contributed by atoms with Crippen molar-refractivity contribution in [3.05, 3.63) is 59.7 Å². The lowest BCUT2D eigenvalue weighted by molar-refractivity contribution is -0.119. The maximum absolute atomic E-state index is 13.3. The largest absolute Gasteiger partial charge is 0.487 e. The molecule has 6 nitrogen and oxygen atoms in total. The number of carbonyl (C=O) groups excluding carboxylic acids is 1. The van der Waals surface area contributed by atoms with Crippen LogP contribution >= 0.6 is 0 Å². The fourth-order valence-electron chi connectivity index (χ4n) is 3.13. The van der Waals surface area contributed by atoms with Crippen molar-refractivity contribution in [2.45, 2.75) is 25.2 Å². The highest BCUT2D eigenvalue weighted by molar-refractivity contribution is 5.75. The molecule has 1 aliphatic heterocycles. The third kappa shape index (κ3) is 5.64. The molecule has 0 spiro atoms. The van der Waals surface area contributed by atoms with Crippen LogP contribution in [0.25, 0.3) is 0 Å². The number of hydrogen-bond donors (Lipinski definition) is 2. The number of aliphatic hydroxyl groups is 1. The van der Waals surface area contributed by atoms with E-state index in [1.807, 2.05) is 12.1 Å². The molecule has 1 amide bonds. The molecule has 0 aliphatic carbocycles. The van der Waals surface area contributed by atoms with E-state index in [0.29, 0.717) is 31.8 Å². The maximum atomic E-state index is 13.3. The fourth-order valence-corrected chi connectivity index (χ4v) is 3.13. The molecule has 0 bridgehead atoms. The Morgan fingerprint density at radius 1 is 1.14 bits per heavy atom. The van der Waals surface area contributed by atoms with Gasteiger partial charge in [0.15, 0.2) is 6.61 Å². The molecule has 0 radical (unpaired) electrons. The summed E-state index contributed by atoms with van der Waals surface area (Å²) < 4.78 is 37.4. The molecule has 1 saturated heterocycles. The van der Waals surface area contributed by atoms with Gasteiger partial charge in [0.05, 0.1) is 0 Å². The van der Waals surface area contributed by atoms with Gasteiger partial charge in [-0.1, -0.05) is 12.1 Å². The number of nitrogens with two attached hydrogens (primary N) is 1. The van der Waals surface area contributed by atoms with Crippen molar-refractivity contribution in [1.82, 2.24) is 4.90 Å². The monoisotopic (exact) mass is 392 g/mol. The molecule has 2 atom stereocenters. The van der Waals surface area contributed by atoms with Gasteiger partial charge in [-0.3, -0.25) is 9.69 Å². The number of piperidine rings is 1. The first kappa shape index (κ1) is 20.0. The molecule has 3 N–H and O–H groups in total. The number of amides is 1. The number of carbonyl (C=O) groups is 1. The van der Waals surface area contributed by atoms with Crippen LogP contribution in [0, 0.1) is 11.6 Å². The summed E-state index contributed by atoms with van der Waals surface area (Å²) in [4.78, 5) is 12.8. The number of primary amides is 1. The van der Waals surface area contributed by atoms with Crippen molar-refractivity contribution in [2.75, 3.05) is 19.7 Å². The summed E-state index contributed by atoms with van der Waals surface area (Å²) >= 11 is 0. The molecule has 8 heteroatoms. The third-order valence-corrected chi connectivity index (χ3v) is 4.44. The Morgan fingerprint density at radius 3 is 2.43 bits per heavy atom. The first-order chi connectivity index (χ1) is 13.4. The SMILES string of the molecule is NC(=O)COc1ccc(CN2CC[C@@H](Oc3cc(F)cc(F)c3)[C@H](O)C2)cc1. The Bertz CT molecular complexity index is 796. The Balaban J connectivity index is 1.51. The topological polar surface area (TPSA) is 85.0 Å². The molecule has 150 valence electrons. The average molecular weight is 392 g/mol. The van der Waals surface area contributed by atoms with Crippen LogP contribution in [-0.2, 0) is 11.3 Å². The zero-order chi connectivity index (χ0) is 20.1. The van der Waals surface area contributed by atoms with Gasteiger partial charge >= 0.3 is 0 Å². The van der Waals surface area contributed by atoms with Crippen molar-refractivity contribution in [1.29, 1.82) is 0 Å². The predicted octanol–water partition coefficient (Wildman–Crippen LogP) is 1.84. The number of hydrogen-bond acceptors (Lipinski definition) is 5. The minimum absolute atomic E-state index is 0.0709. The number of benzene rings is 2. The quantitative estimate of drug-likeness (QED) is 0.751. The lowest BCUT2D eigenvalue weighted by atomic mass is 10.0. The lowest BCUT2D eigenvalue weighted by Gasteiger charge is -2.36. The van der Waals surface area contributed by atoms with Crippen LogP contribution in [0.2, 0.25) is 0 Å². The fraction of sp³-hybridized carbons (Fsp3) is 0.350. The summed E-state index contributed by atoms with van der Waals surface area (Å²) in [6.45, 7) is 1.49. The van der Waals surface area contributed by atoms with Crippen LogP contribution in [0.5, 0.6) is 11.5 Å². The van der Waals surface area contributed by atoms with Crippen molar-refractivity contribution < 1.29 is 28.2 Å². The summed E-state index contributed by atoms with van der Waals surface area (Å²) in [7, 11) is 0. The first-order valence-corrected chi connectivity index (χ1v) is 8.92. The molecule has 1 aliphatic rings. The standard InChI is InChI=1S/C20H22F2N2O4/c21-14-7-15(22)9-17(8-14)28-19-5-6-24(11-18(19)25)10-13-1-3-16(4-2-13)27-12-20(23)26/h1-4,7-9,18-19,25H,5-6,10-12H2,(H2,23,26)/t18-,19-/m1/s1. The molecule has 2 aromatic carbocycles. The van der Waals surface area contributed by atoms with Gasteiger partial charge in [-0.15, -0.1) is 0 Å². The van der Waals surface area contributed by atoms with E-state index in [0.717, 1.165) is 23.8 Å². The molecular formula is C20H22F2N2O4.